The van der Waals surface area contributed by atoms with Crippen LogP contribution < -0.4 is 5.32 Å². The molecule has 0 aliphatic carbocycles. The lowest BCUT2D eigenvalue weighted by molar-refractivity contribution is -0.156. The van der Waals surface area contributed by atoms with E-state index in [0.29, 0.717) is 10.6 Å². The minimum absolute atomic E-state index is 0.00607. The maximum Gasteiger partial charge on any atom is 0.397 e. The first-order valence-electron chi connectivity index (χ1n) is 13.4. The summed E-state index contributed by atoms with van der Waals surface area (Å²) >= 11 is 6.10. The fourth-order valence-corrected chi connectivity index (χ4v) is 4.04. The summed E-state index contributed by atoms with van der Waals surface area (Å²) in [7, 11) is 2.59. The average molecular weight is 648 g/mol. The van der Waals surface area contributed by atoms with Crippen LogP contribution in [0.4, 0.5) is 0 Å². The van der Waals surface area contributed by atoms with Gasteiger partial charge in [0.25, 0.3) is 12.9 Å². The van der Waals surface area contributed by atoms with Crippen molar-refractivity contribution in [2.24, 2.45) is 0 Å². The van der Waals surface area contributed by atoms with Crippen LogP contribution in [0.5, 0.6) is 0 Å². The molecule has 0 bridgehead atoms. The number of aliphatic hydroxyl groups excluding tert-OH is 1. The first-order chi connectivity index (χ1) is 21.5. The lowest BCUT2D eigenvalue weighted by atomic mass is 9.98. The predicted octanol–water partition coefficient (Wildman–Crippen LogP) is 2.97. The smallest absolute Gasteiger partial charge is 0.397 e. The molecule has 0 radical (unpaired) electrons. The molecule has 14 heteroatoms. The number of carbonyl (C=O) groups excluding carboxylic acids is 5. The number of amides is 1. The van der Waals surface area contributed by atoms with Crippen LogP contribution in [-0.2, 0) is 58.8 Å². The van der Waals surface area contributed by atoms with Crippen LogP contribution in [0.15, 0.2) is 71.6 Å². The Kier molecular flexibility index (Phi) is 15.1. The summed E-state index contributed by atoms with van der Waals surface area (Å²) in [5.74, 6) is -3.43. The normalized spacial score (nSPS) is 13.1. The van der Waals surface area contributed by atoms with E-state index in [1.807, 2.05) is 24.3 Å². The van der Waals surface area contributed by atoms with Crippen molar-refractivity contribution in [2.75, 3.05) is 27.4 Å². The van der Waals surface area contributed by atoms with Gasteiger partial charge in [0.05, 0.1) is 14.2 Å². The highest BCUT2D eigenvalue weighted by Gasteiger charge is 2.27. The number of rotatable bonds is 17. The van der Waals surface area contributed by atoms with E-state index in [1.165, 1.54) is 28.1 Å². The maximum absolute atomic E-state index is 12.7. The van der Waals surface area contributed by atoms with Gasteiger partial charge >= 0.3 is 17.8 Å². The first-order valence-corrected chi connectivity index (χ1v) is 13.8. The highest BCUT2D eigenvalue weighted by Crippen LogP contribution is 2.23. The maximum atomic E-state index is 12.7. The number of ether oxygens (including phenoxy) is 6. The Hall–Kier alpha value is -4.88. The predicted molar refractivity (Wildman–Crippen MR) is 159 cm³/mol. The van der Waals surface area contributed by atoms with Crippen molar-refractivity contribution < 1.29 is 57.5 Å². The molecule has 0 fully saturated rings. The molecular formula is C31H34ClNO12. The Balaban J connectivity index is 2.19. The van der Waals surface area contributed by atoms with Gasteiger partial charge in [0, 0.05) is 17.5 Å². The van der Waals surface area contributed by atoms with Crippen LogP contribution in [0.2, 0.25) is 5.02 Å². The molecule has 0 aliphatic heterocycles. The van der Waals surface area contributed by atoms with E-state index >= 15 is 0 Å². The molecule has 2 atom stereocenters. The van der Waals surface area contributed by atoms with Crippen molar-refractivity contribution in [1.29, 1.82) is 0 Å². The third-order valence-electron chi connectivity index (χ3n) is 6.33. The van der Waals surface area contributed by atoms with Crippen LogP contribution in [0, 0.1) is 0 Å². The van der Waals surface area contributed by atoms with Gasteiger partial charge in [-0.3, -0.25) is 14.4 Å². The third kappa shape index (κ3) is 12.0. The van der Waals surface area contributed by atoms with Crippen molar-refractivity contribution >= 4 is 42.4 Å². The minimum atomic E-state index is -1.75. The summed E-state index contributed by atoms with van der Waals surface area (Å²) in [6.45, 7) is 2.16. The summed E-state index contributed by atoms with van der Waals surface area (Å²) in [6.07, 6.45) is -2.01. The number of esters is 2. The van der Waals surface area contributed by atoms with Crippen LogP contribution in [0.1, 0.15) is 25.8 Å². The zero-order chi connectivity index (χ0) is 33.4. The number of hydrogen-bond acceptors (Lipinski definition) is 12. The Morgan fingerprint density at radius 1 is 0.867 bits per heavy atom. The van der Waals surface area contributed by atoms with Gasteiger partial charge in [-0.2, -0.15) is 0 Å². The third-order valence-corrected chi connectivity index (χ3v) is 6.56. The van der Waals surface area contributed by atoms with E-state index in [0.717, 1.165) is 11.1 Å². The summed E-state index contributed by atoms with van der Waals surface area (Å²) < 4.78 is 29.4. The molecule has 0 heterocycles. The number of aliphatic hydroxyl groups is 1. The number of nitrogens with one attached hydrogen (secondary N) is 1. The number of benzene rings is 2. The molecule has 2 N–H and O–H groups in total. The van der Waals surface area contributed by atoms with Gasteiger partial charge in [0.2, 0.25) is 0 Å². The van der Waals surface area contributed by atoms with Crippen molar-refractivity contribution in [3.05, 3.63) is 82.2 Å². The molecule has 0 saturated carbocycles. The number of carbonyl (C=O) groups is 5. The van der Waals surface area contributed by atoms with Gasteiger partial charge in [-0.05, 0) is 49.1 Å². The van der Waals surface area contributed by atoms with E-state index in [2.05, 4.69) is 10.1 Å². The van der Waals surface area contributed by atoms with Crippen molar-refractivity contribution in [2.45, 2.75) is 38.8 Å². The second kappa shape index (κ2) is 18.7. The van der Waals surface area contributed by atoms with Crippen LogP contribution in [0.25, 0.3) is 11.1 Å². The number of methoxy groups -OCH3 is 2. The molecule has 0 saturated heterocycles. The van der Waals surface area contributed by atoms with Gasteiger partial charge in [-0.15, -0.1) is 0 Å². The molecular weight excluding hydrogens is 614 g/mol. The lowest BCUT2D eigenvalue weighted by Crippen LogP contribution is -2.44. The second-order valence-electron chi connectivity index (χ2n) is 9.31. The minimum Gasteiger partial charge on any atom is -0.498 e. The van der Waals surface area contributed by atoms with Crippen molar-refractivity contribution in [1.82, 2.24) is 5.32 Å². The van der Waals surface area contributed by atoms with Gasteiger partial charge in [0.1, 0.15) is 11.5 Å². The Morgan fingerprint density at radius 3 is 2.13 bits per heavy atom. The first kappa shape index (κ1) is 36.3. The number of allylic oxidation sites excluding steroid dienone is 2. The molecule has 1 unspecified atom stereocenters. The van der Waals surface area contributed by atoms with Crippen LogP contribution in [-0.4, -0.2) is 75.5 Å². The fourth-order valence-electron chi connectivity index (χ4n) is 3.85. The number of halogens is 1. The fraction of sp³-hybridized carbons (Fsp3) is 0.323. The molecule has 1 amide bonds. The molecule has 13 nitrogen and oxygen atoms in total. The summed E-state index contributed by atoms with van der Waals surface area (Å²) in [5, 5.41) is 13.7. The molecule has 0 spiro atoms. The highest BCUT2D eigenvalue weighted by atomic mass is 35.5. The standard InChI is InChI=1S/C31H34ClNO12/c1-19(40-3)28(45-18-35)16-42-30(38)26(36)14-25(33-29(37)31(39)43-15-27(41-4)20(2)44-17-34)12-21-8-10-22(11-9-21)23-6-5-7-24(32)13-23/h5-11,13,17-18,25-26,36H,12,14-16H2,1-4H3,(H,33,37)/b27-20-,28-19-/t25-,26?/m1/s1. The Labute approximate surface area is 264 Å². The number of hydrogen-bond donors (Lipinski definition) is 2. The van der Waals surface area contributed by atoms with Crippen molar-refractivity contribution in [3.8, 4) is 11.1 Å². The zero-order valence-corrected chi connectivity index (χ0v) is 25.8. The van der Waals surface area contributed by atoms with Gasteiger partial charge < -0.3 is 38.8 Å². The SMILES string of the molecule is CO/C(C)=C(/COC(=O)C(O)C[C@@H](Cc1ccc(-c2cccc(Cl)c2)cc1)NC(=O)C(=O)OC/C(OC)=C(\C)OC=O)OC=O. The molecule has 0 aromatic heterocycles. The largest absolute Gasteiger partial charge is 0.498 e. The van der Waals surface area contributed by atoms with E-state index in [4.69, 9.17) is 35.3 Å². The summed E-state index contributed by atoms with van der Waals surface area (Å²) in [5.41, 5.74) is 2.46. The molecule has 2 aromatic carbocycles. The molecule has 0 aliphatic rings. The monoisotopic (exact) mass is 647 g/mol. The highest BCUT2D eigenvalue weighted by molar-refractivity contribution is 6.32. The topological polar surface area (TPSA) is 173 Å². The lowest BCUT2D eigenvalue weighted by Gasteiger charge is -2.21. The average Bonchev–Trinajstić information content (AvgIpc) is 3.03. The molecule has 45 heavy (non-hydrogen) atoms. The quantitative estimate of drug-likeness (QED) is 0.0846. The van der Waals surface area contributed by atoms with E-state index in [9.17, 15) is 29.1 Å². The van der Waals surface area contributed by atoms with Crippen molar-refractivity contribution in [3.63, 3.8) is 0 Å². The summed E-state index contributed by atoms with van der Waals surface area (Å²) in [4.78, 5) is 59.1. The van der Waals surface area contributed by atoms with Gasteiger partial charge in [-0.25, -0.2) is 9.59 Å². The Morgan fingerprint density at radius 2 is 1.53 bits per heavy atom. The van der Waals surface area contributed by atoms with E-state index in [1.54, 1.807) is 24.3 Å². The van der Waals surface area contributed by atoms with E-state index < -0.39 is 43.2 Å². The van der Waals surface area contributed by atoms with Crippen LogP contribution >= 0.6 is 11.6 Å². The zero-order valence-electron chi connectivity index (χ0n) is 25.1. The summed E-state index contributed by atoms with van der Waals surface area (Å²) in [6, 6.07) is 13.5. The van der Waals surface area contributed by atoms with Gasteiger partial charge in [-0.1, -0.05) is 48.0 Å². The molecule has 2 aromatic rings. The van der Waals surface area contributed by atoms with Gasteiger partial charge in [0.15, 0.2) is 30.8 Å². The molecule has 242 valence electrons. The van der Waals surface area contributed by atoms with E-state index in [-0.39, 0.29) is 48.8 Å². The Bertz CT molecular complexity index is 1400. The van der Waals surface area contributed by atoms with Crippen LogP contribution in [0.3, 0.4) is 0 Å². The molecule has 2 rings (SSSR count). The second-order valence-corrected chi connectivity index (χ2v) is 9.75.